The second-order valence-corrected chi connectivity index (χ2v) is 27.1. The quantitative estimate of drug-likeness (QED) is 0.0204. The van der Waals surface area contributed by atoms with Crippen molar-refractivity contribution in [2.24, 2.45) is 0 Å². The third kappa shape index (κ3) is 50.0. The van der Waals surface area contributed by atoms with Crippen molar-refractivity contribution in [3.8, 4) is 0 Å². The van der Waals surface area contributed by atoms with Crippen LogP contribution in [0.25, 0.3) is 0 Å². The number of nitrogens with one attached hydrogen (secondary N) is 1. The summed E-state index contributed by atoms with van der Waals surface area (Å²) >= 11 is 0. The Morgan fingerprint density at radius 1 is 0.374 bits per heavy atom. The normalized spacial score (nSPS) is 22.8. The highest BCUT2D eigenvalue weighted by Gasteiger charge is 2.51. The van der Waals surface area contributed by atoms with Crippen LogP contribution in [0.4, 0.5) is 0 Å². The second kappa shape index (κ2) is 67.1. The molecule has 9 N–H and O–H groups in total. The lowest BCUT2D eigenvalue weighted by Gasteiger charge is -2.46. The molecule has 566 valence electrons. The minimum atomic E-state index is -1.80. The molecule has 2 fully saturated rings. The minimum Gasteiger partial charge on any atom is -0.394 e. The van der Waals surface area contributed by atoms with Gasteiger partial charge >= 0.3 is 0 Å². The molecule has 0 aromatic carbocycles. The number of allylic oxidation sites excluding steroid dienone is 23. The van der Waals surface area contributed by atoms with Gasteiger partial charge in [-0.15, -0.1) is 0 Å². The number of aliphatic hydroxyl groups is 8. The van der Waals surface area contributed by atoms with E-state index in [9.17, 15) is 45.6 Å². The molecule has 2 rings (SSSR count). The second-order valence-electron chi connectivity index (χ2n) is 27.1. The molecule has 0 aliphatic carbocycles. The molecule has 14 nitrogen and oxygen atoms in total. The summed E-state index contributed by atoms with van der Waals surface area (Å²) in [5, 5.41) is 87.6. The van der Waals surface area contributed by atoms with Gasteiger partial charge in [0.05, 0.1) is 32.0 Å². The smallest absolute Gasteiger partial charge is 0.220 e. The number of hydrogen-bond acceptors (Lipinski definition) is 13. The summed E-state index contributed by atoms with van der Waals surface area (Å²) in [5.74, 6) is -0.276. The largest absolute Gasteiger partial charge is 0.394 e. The Hall–Kier alpha value is -4.13. The van der Waals surface area contributed by atoms with E-state index in [0.29, 0.717) is 12.8 Å². The zero-order valence-electron chi connectivity index (χ0n) is 61.9. The van der Waals surface area contributed by atoms with E-state index < -0.39 is 86.8 Å². The number of amides is 1. The van der Waals surface area contributed by atoms with E-state index in [1.807, 2.05) is 6.08 Å². The molecule has 0 radical (unpaired) electrons. The molecule has 0 aromatic rings. The summed E-state index contributed by atoms with van der Waals surface area (Å²) in [5.41, 5.74) is 0. The van der Waals surface area contributed by atoms with Gasteiger partial charge in [0.15, 0.2) is 12.6 Å². The first-order chi connectivity index (χ1) is 48.6. The highest BCUT2D eigenvalue weighted by atomic mass is 16.7. The zero-order valence-corrected chi connectivity index (χ0v) is 61.9. The van der Waals surface area contributed by atoms with Crippen LogP contribution in [0, 0.1) is 0 Å². The van der Waals surface area contributed by atoms with Crippen LogP contribution in [0.15, 0.2) is 146 Å². The number of rotatable bonds is 64. The maximum absolute atomic E-state index is 13.4. The van der Waals surface area contributed by atoms with Crippen LogP contribution >= 0.6 is 0 Å². The molecule has 2 aliphatic heterocycles. The van der Waals surface area contributed by atoms with Gasteiger partial charge in [-0.25, -0.2) is 0 Å². The van der Waals surface area contributed by atoms with Gasteiger partial charge in [0, 0.05) is 6.42 Å². The summed E-state index contributed by atoms with van der Waals surface area (Å²) in [6, 6.07) is -0.963. The van der Waals surface area contributed by atoms with Gasteiger partial charge in [0.1, 0.15) is 48.8 Å². The van der Waals surface area contributed by atoms with Crippen LogP contribution in [0.5, 0.6) is 0 Å². The predicted molar refractivity (Wildman–Crippen MR) is 410 cm³/mol. The standard InChI is InChI=1S/C85H143NO13/c1-3-5-7-9-11-13-15-17-19-21-23-25-27-29-31-33-35-37-39-41-43-45-47-49-51-53-55-57-59-61-63-65-67-69-77(90)86-73(72-96-84-82(95)80(93)83(76(71-88)98-84)99-85-81(94)79(92)78(91)75(70-87)97-85)74(89)68-66-64-62-60-58-56-54-52-50-48-46-44-42-40-38-36-34-32-30-28-26-24-22-20-18-16-14-12-10-8-6-4-2/h5,7,11,13,17,19,23,25,29,31,35,37,41,43,47,49-50,52-53,55,58,60,66,68,73-76,78-85,87-89,91-95H,3-4,6,8-10,12,14-16,18,20-22,24,26-28,30,32-34,36,38-40,42,44-46,48,51,54,56-57,59,61-65,67,69-72H2,1-2H3,(H,86,90)/b7-5-,13-11-,19-17-,25-23-,31-29-,37-35-,43-41-,49-47-,52-50+,55-53-,60-58+,68-66+. The molecule has 99 heavy (non-hydrogen) atoms. The van der Waals surface area contributed by atoms with Crippen molar-refractivity contribution < 1.29 is 64.6 Å². The number of unbranched alkanes of at least 4 members (excludes halogenated alkanes) is 29. The van der Waals surface area contributed by atoms with Gasteiger partial charge in [-0.2, -0.15) is 0 Å². The van der Waals surface area contributed by atoms with E-state index >= 15 is 0 Å². The SMILES string of the molecule is CC/C=C\C/C=C\C/C=C\C/C=C\C/C=C\C/C=C\C/C=C\C/C=C\C/C=C\CCCCCCCC(=O)NC(COC1OC(CO)C(OC2OC(CO)C(O)C(O)C2O)C(O)C1O)C(O)/C=C/CC/C=C/CC/C=C/CCCCCCCCCCCCCCCCCCCCCCCC. The van der Waals surface area contributed by atoms with E-state index in [4.69, 9.17) is 18.9 Å². The average Bonchev–Trinajstić information content (AvgIpc) is 0.793. The molecule has 14 heteroatoms. The fraction of sp³-hybridized carbons (Fsp3) is 0.706. The third-order valence-corrected chi connectivity index (χ3v) is 18.2. The summed E-state index contributed by atoms with van der Waals surface area (Å²) < 4.78 is 22.9. The Labute approximate surface area is 602 Å². The molecule has 2 aliphatic rings. The fourth-order valence-electron chi connectivity index (χ4n) is 12.0. The van der Waals surface area contributed by atoms with Gasteiger partial charge in [0.25, 0.3) is 0 Å². The zero-order chi connectivity index (χ0) is 71.5. The Morgan fingerprint density at radius 2 is 0.707 bits per heavy atom. The van der Waals surface area contributed by atoms with Crippen molar-refractivity contribution in [1.82, 2.24) is 5.32 Å². The predicted octanol–water partition coefficient (Wildman–Crippen LogP) is 18.0. The van der Waals surface area contributed by atoms with Gasteiger partial charge in [-0.05, 0) is 116 Å². The molecule has 12 atom stereocenters. The van der Waals surface area contributed by atoms with E-state index in [1.165, 1.54) is 141 Å². The summed E-state index contributed by atoms with van der Waals surface area (Å²) in [6.45, 7) is 2.66. The van der Waals surface area contributed by atoms with E-state index in [-0.39, 0.29) is 18.9 Å². The Morgan fingerprint density at radius 3 is 1.11 bits per heavy atom. The fourth-order valence-corrected chi connectivity index (χ4v) is 12.0. The molecule has 12 unspecified atom stereocenters. The van der Waals surface area contributed by atoms with Gasteiger partial charge in [0.2, 0.25) is 5.91 Å². The third-order valence-electron chi connectivity index (χ3n) is 18.2. The summed E-state index contributed by atoms with van der Waals surface area (Å²) in [7, 11) is 0. The minimum absolute atomic E-state index is 0.237. The molecule has 0 spiro atoms. The van der Waals surface area contributed by atoms with Gasteiger partial charge in [-0.1, -0.05) is 314 Å². The maximum atomic E-state index is 13.4. The van der Waals surface area contributed by atoms with Gasteiger partial charge in [-0.3, -0.25) is 4.79 Å². The Kier molecular flexibility index (Phi) is 61.6. The first kappa shape index (κ1) is 91.0. The Balaban J connectivity index is 1.68. The van der Waals surface area contributed by atoms with Crippen LogP contribution in [0.1, 0.15) is 290 Å². The van der Waals surface area contributed by atoms with Crippen LogP contribution in [0.2, 0.25) is 0 Å². The number of aliphatic hydroxyl groups excluding tert-OH is 8. The summed E-state index contributed by atoms with van der Waals surface area (Å²) in [6.07, 6.45) is 84.9. The molecule has 2 saturated heterocycles. The van der Waals surface area contributed by atoms with Crippen molar-refractivity contribution in [3.05, 3.63) is 146 Å². The van der Waals surface area contributed by atoms with Crippen molar-refractivity contribution in [1.29, 1.82) is 0 Å². The number of ether oxygens (including phenoxy) is 4. The highest BCUT2D eigenvalue weighted by Crippen LogP contribution is 2.30. The lowest BCUT2D eigenvalue weighted by Crippen LogP contribution is -2.65. The lowest BCUT2D eigenvalue weighted by molar-refractivity contribution is -0.359. The van der Waals surface area contributed by atoms with E-state index in [2.05, 4.69) is 153 Å². The first-order valence-corrected chi connectivity index (χ1v) is 39.6. The molecular formula is C85H143NO13. The van der Waals surface area contributed by atoms with Crippen LogP contribution in [-0.4, -0.2) is 140 Å². The molecule has 1 amide bonds. The van der Waals surface area contributed by atoms with E-state index in [1.54, 1.807) is 6.08 Å². The van der Waals surface area contributed by atoms with Crippen LogP contribution in [-0.2, 0) is 23.7 Å². The molecule has 0 bridgehead atoms. The summed E-state index contributed by atoms with van der Waals surface area (Å²) in [4.78, 5) is 13.4. The van der Waals surface area contributed by atoms with Crippen molar-refractivity contribution in [2.45, 2.75) is 364 Å². The first-order valence-electron chi connectivity index (χ1n) is 39.6. The highest BCUT2D eigenvalue weighted by molar-refractivity contribution is 5.76. The number of carbonyl (C=O) groups excluding carboxylic acids is 1. The van der Waals surface area contributed by atoms with Crippen LogP contribution < -0.4 is 5.32 Å². The number of hydrogen-bond donors (Lipinski definition) is 9. The van der Waals surface area contributed by atoms with Crippen LogP contribution in [0.3, 0.4) is 0 Å². The molecular weight excluding hydrogens is 1240 g/mol. The molecule has 2 heterocycles. The number of carbonyl (C=O) groups is 1. The molecule has 0 aromatic heterocycles. The topological polar surface area (TPSA) is 228 Å². The molecule has 0 saturated carbocycles. The lowest BCUT2D eigenvalue weighted by atomic mass is 9.97. The van der Waals surface area contributed by atoms with E-state index in [0.717, 1.165) is 116 Å². The average molecular weight is 1390 g/mol. The van der Waals surface area contributed by atoms with Gasteiger partial charge < -0.3 is 65.1 Å². The van der Waals surface area contributed by atoms with Crippen molar-refractivity contribution in [2.75, 3.05) is 19.8 Å². The van der Waals surface area contributed by atoms with Crippen molar-refractivity contribution in [3.63, 3.8) is 0 Å². The monoisotopic (exact) mass is 1390 g/mol. The van der Waals surface area contributed by atoms with Crippen molar-refractivity contribution >= 4 is 5.91 Å². The maximum Gasteiger partial charge on any atom is 0.220 e. The Bertz CT molecular complexity index is 2230.